The van der Waals surface area contributed by atoms with Crippen molar-refractivity contribution in [3.63, 3.8) is 0 Å². The standard InChI is InChI=1S/C9H17N3O2S2/c1-6(2)16(13,14)12-9-11-8(5-15-9)7(3)10-4/h5-7,10H,1-4H3,(H,11,12). The van der Waals surface area contributed by atoms with Gasteiger partial charge in [0.15, 0.2) is 5.13 Å². The van der Waals surface area contributed by atoms with Gasteiger partial charge in [0.25, 0.3) is 0 Å². The van der Waals surface area contributed by atoms with Crippen molar-refractivity contribution in [2.75, 3.05) is 11.8 Å². The molecule has 16 heavy (non-hydrogen) atoms. The SMILES string of the molecule is CNC(C)c1csc(NS(=O)(=O)C(C)C)n1. The first-order valence-corrected chi connectivity index (χ1v) is 7.43. The zero-order valence-corrected chi connectivity index (χ0v) is 11.4. The molecular weight excluding hydrogens is 246 g/mol. The van der Waals surface area contributed by atoms with E-state index in [-0.39, 0.29) is 6.04 Å². The summed E-state index contributed by atoms with van der Waals surface area (Å²) in [7, 11) is -1.46. The summed E-state index contributed by atoms with van der Waals surface area (Å²) in [6.45, 7) is 5.23. The second-order valence-corrected chi connectivity index (χ2v) is 6.88. The second-order valence-electron chi connectivity index (χ2n) is 3.78. The molecule has 0 saturated heterocycles. The Morgan fingerprint density at radius 3 is 2.50 bits per heavy atom. The fourth-order valence-electron chi connectivity index (χ4n) is 0.919. The van der Waals surface area contributed by atoms with E-state index < -0.39 is 15.3 Å². The molecule has 1 atom stereocenters. The zero-order chi connectivity index (χ0) is 12.3. The van der Waals surface area contributed by atoms with E-state index in [4.69, 9.17) is 0 Å². The summed E-state index contributed by atoms with van der Waals surface area (Å²) in [4.78, 5) is 4.21. The number of thiazole rings is 1. The Morgan fingerprint density at radius 2 is 2.00 bits per heavy atom. The summed E-state index contributed by atoms with van der Waals surface area (Å²) in [6.07, 6.45) is 0. The minimum absolute atomic E-state index is 0.119. The van der Waals surface area contributed by atoms with Crippen LogP contribution in [0.3, 0.4) is 0 Å². The van der Waals surface area contributed by atoms with Gasteiger partial charge in [0, 0.05) is 11.4 Å². The quantitative estimate of drug-likeness (QED) is 0.846. The van der Waals surface area contributed by atoms with Crippen molar-refractivity contribution in [3.8, 4) is 0 Å². The molecule has 0 saturated carbocycles. The lowest BCUT2D eigenvalue weighted by atomic mass is 10.3. The number of hydrogen-bond donors (Lipinski definition) is 2. The summed E-state index contributed by atoms with van der Waals surface area (Å²) in [5, 5.41) is 4.86. The van der Waals surface area contributed by atoms with Crippen molar-refractivity contribution >= 4 is 26.5 Å². The van der Waals surface area contributed by atoms with E-state index in [0.29, 0.717) is 5.13 Å². The Labute approximate surface area is 100 Å². The lowest BCUT2D eigenvalue weighted by molar-refractivity contribution is 0.592. The van der Waals surface area contributed by atoms with E-state index in [0.717, 1.165) is 5.69 Å². The smallest absolute Gasteiger partial charge is 0.236 e. The maximum atomic E-state index is 11.6. The van der Waals surface area contributed by atoms with Crippen LogP contribution in [0.25, 0.3) is 0 Å². The Bertz CT molecular complexity index is 439. The van der Waals surface area contributed by atoms with Crippen LogP contribution in [-0.2, 0) is 10.0 Å². The third-order valence-corrected chi connectivity index (χ3v) is 4.87. The highest BCUT2D eigenvalue weighted by Gasteiger charge is 2.18. The molecule has 0 aliphatic carbocycles. The van der Waals surface area contributed by atoms with Crippen LogP contribution >= 0.6 is 11.3 Å². The van der Waals surface area contributed by atoms with Gasteiger partial charge in [-0.25, -0.2) is 13.4 Å². The van der Waals surface area contributed by atoms with Crippen molar-refractivity contribution < 1.29 is 8.42 Å². The molecule has 0 bridgehead atoms. The lowest BCUT2D eigenvalue weighted by Gasteiger charge is -2.08. The predicted molar refractivity (Wildman–Crippen MR) is 67.3 cm³/mol. The Hall–Kier alpha value is -0.660. The van der Waals surface area contributed by atoms with Crippen molar-refractivity contribution in [1.82, 2.24) is 10.3 Å². The van der Waals surface area contributed by atoms with E-state index in [2.05, 4.69) is 15.0 Å². The molecule has 0 spiro atoms. The van der Waals surface area contributed by atoms with E-state index in [1.54, 1.807) is 13.8 Å². The number of rotatable bonds is 5. The summed E-state index contributed by atoms with van der Waals surface area (Å²) in [5.74, 6) is 0. The molecule has 1 aromatic rings. The van der Waals surface area contributed by atoms with Crippen molar-refractivity contribution in [1.29, 1.82) is 0 Å². The summed E-state index contributed by atoms with van der Waals surface area (Å²) in [6, 6.07) is 0.119. The van der Waals surface area contributed by atoms with E-state index >= 15 is 0 Å². The van der Waals surface area contributed by atoms with E-state index in [1.165, 1.54) is 11.3 Å². The average molecular weight is 263 g/mol. The number of anilines is 1. The van der Waals surface area contributed by atoms with Crippen LogP contribution in [0.1, 0.15) is 32.5 Å². The first-order valence-electron chi connectivity index (χ1n) is 5.01. The van der Waals surface area contributed by atoms with Crippen LogP contribution in [0, 0.1) is 0 Å². The van der Waals surface area contributed by atoms with Crippen molar-refractivity contribution in [3.05, 3.63) is 11.1 Å². The monoisotopic (exact) mass is 263 g/mol. The summed E-state index contributed by atoms with van der Waals surface area (Å²) >= 11 is 1.30. The fraction of sp³-hybridized carbons (Fsp3) is 0.667. The van der Waals surface area contributed by atoms with Crippen LogP contribution in [0.4, 0.5) is 5.13 Å². The van der Waals surface area contributed by atoms with Crippen LogP contribution in [0.5, 0.6) is 0 Å². The van der Waals surface area contributed by atoms with Gasteiger partial charge in [0.2, 0.25) is 10.0 Å². The van der Waals surface area contributed by atoms with Crippen LogP contribution in [0.2, 0.25) is 0 Å². The molecular formula is C9H17N3O2S2. The zero-order valence-electron chi connectivity index (χ0n) is 9.81. The van der Waals surface area contributed by atoms with Gasteiger partial charge in [-0.15, -0.1) is 11.3 Å². The maximum Gasteiger partial charge on any atom is 0.236 e. The molecule has 5 nitrogen and oxygen atoms in total. The lowest BCUT2D eigenvalue weighted by Crippen LogP contribution is -2.22. The van der Waals surface area contributed by atoms with Crippen molar-refractivity contribution in [2.45, 2.75) is 32.1 Å². The Kier molecular flexibility index (Phi) is 4.28. The number of nitrogens with one attached hydrogen (secondary N) is 2. The molecule has 0 amide bonds. The molecule has 0 radical (unpaired) electrons. The molecule has 1 heterocycles. The Balaban J connectivity index is 2.81. The van der Waals surface area contributed by atoms with Gasteiger partial charge in [0.05, 0.1) is 10.9 Å². The van der Waals surface area contributed by atoms with Crippen LogP contribution in [-0.4, -0.2) is 25.7 Å². The summed E-state index contributed by atoms with van der Waals surface area (Å²) < 4.78 is 25.6. The first kappa shape index (κ1) is 13.4. The summed E-state index contributed by atoms with van der Waals surface area (Å²) in [5.41, 5.74) is 0.842. The second kappa shape index (κ2) is 5.11. The molecule has 0 aromatic carbocycles. The third-order valence-electron chi connectivity index (χ3n) is 2.25. The van der Waals surface area contributed by atoms with Gasteiger partial charge >= 0.3 is 0 Å². The van der Waals surface area contributed by atoms with Crippen molar-refractivity contribution in [2.24, 2.45) is 0 Å². The molecule has 1 aromatic heterocycles. The normalized spacial score (nSPS) is 14.1. The highest BCUT2D eigenvalue weighted by Crippen LogP contribution is 2.21. The number of hydrogen-bond acceptors (Lipinski definition) is 5. The van der Waals surface area contributed by atoms with Gasteiger partial charge in [0.1, 0.15) is 0 Å². The molecule has 92 valence electrons. The molecule has 0 aliphatic rings. The molecule has 0 fully saturated rings. The highest BCUT2D eigenvalue weighted by atomic mass is 32.2. The number of aromatic nitrogens is 1. The van der Waals surface area contributed by atoms with Gasteiger partial charge in [-0.2, -0.15) is 0 Å². The minimum Gasteiger partial charge on any atom is -0.312 e. The average Bonchev–Trinajstić information content (AvgIpc) is 2.64. The first-order chi connectivity index (χ1) is 7.36. The van der Waals surface area contributed by atoms with Gasteiger partial charge < -0.3 is 5.32 Å². The molecule has 2 N–H and O–H groups in total. The van der Waals surface area contributed by atoms with E-state index in [9.17, 15) is 8.42 Å². The molecule has 0 aliphatic heterocycles. The number of sulfonamides is 1. The van der Waals surface area contributed by atoms with Gasteiger partial charge in [-0.3, -0.25) is 4.72 Å². The molecule has 1 unspecified atom stereocenters. The van der Waals surface area contributed by atoms with E-state index in [1.807, 2.05) is 19.4 Å². The van der Waals surface area contributed by atoms with Gasteiger partial charge in [-0.05, 0) is 27.8 Å². The van der Waals surface area contributed by atoms with Gasteiger partial charge in [-0.1, -0.05) is 0 Å². The van der Waals surface area contributed by atoms with Crippen LogP contribution < -0.4 is 10.0 Å². The third kappa shape index (κ3) is 3.16. The minimum atomic E-state index is -3.29. The largest absolute Gasteiger partial charge is 0.312 e. The number of nitrogens with zero attached hydrogens (tertiary/aromatic N) is 1. The molecule has 1 rings (SSSR count). The Morgan fingerprint density at radius 1 is 1.38 bits per heavy atom. The fourth-order valence-corrected chi connectivity index (χ4v) is 2.63. The highest BCUT2D eigenvalue weighted by molar-refractivity contribution is 7.93. The van der Waals surface area contributed by atoms with Crippen LogP contribution in [0.15, 0.2) is 5.38 Å². The predicted octanol–water partition coefficient (Wildman–Crippen LogP) is 1.57. The maximum absolute atomic E-state index is 11.6. The topological polar surface area (TPSA) is 71.1 Å². The molecule has 7 heteroatoms.